The Balaban J connectivity index is 1.54. The van der Waals surface area contributed by atoms with E-state index in [0.29, 0.717) is 18.4 Å². The first kappa shape index (κ1) is 21.9. The smallest absolute Gasteiger partial charge is 0.238 e. The number of halogens is 1. The summed E-state index contributed by atoms with van der Waals surface area (Å²) in [6.45, 7) is 4.75. The van der Waals surface area contributed by atoms with Gasteiger partial charge in [-0.05, 0) is 49.1 Å². The number of carbonyl (C=O) groups is 1. The van der Waals surface area contributed by atoms with Crippen molar-refractivity contribution in [2.45, 2.75) is 36.2 Å². The minimum absolute atomic E-state index is 0.0960. The predicted octanol–water partition coefficient (Wildman–Crippen LogP) is 3.66. The van der Waals surface area contributed by atoms with Crippen LogP contribution < -0.4 is 10.2 Å². The fourth-order valence-electron chi connectivity index (χ4n) is 3.85. The molecule has 1 saturated carbocycles. The van der Waals surface area contributed by atoms with Gasteiger partial charge in [-0.25, -0.2) is 4.39 Å². The van der Waals surface area contributed by atoms with Crippen molar-refractivity contribution in [3.05, 3.63) is 65.5 Å². The van der Waals surface area contributed by atoms with Crippen LogP contribution in [-0.2, 0) is 9.53 Å². The lowest BCUT2D eigenvalue weighted by Gasteiger charge is -2.28. The first-order valence-electron chi connectivity index (χ1n) is 11.2. The molecule has 5 rings (SSSR count). The largest absolute Gasteiger partial charge is 0.378 e. The molecule has 1 atom stereocenters. The Labute approximate surface area is 196 Å². The van der Waals surface area contributed by atoms with Crippen LogP contribution in [0.2, 0.25) is 0 Å². The molecule has 1 N–H and O–H groups in total. The molecular weight excluding hydrogens is 441 g/mol. The zero-order chi connectivity index (χ0) is 22.8. The molecular formula is C24H26FN5O2S. The quantitative estimate of drug-likeness (QED) is 0.535. The summed E-state index contributed by atoms with van der Waals surface area (Å²) in [5.41, 5.74) is 2.77. The first-order valence-corrected chi connectivity index (χ1v) is 12.0. The van der Waals surface area contributed by atoms with E-state index in [2.05, 4.69) is 20.4 Å². The highest BCUT2D eigenvalue weighted by atomic mass is 32.2. The fraction of sp³-hybridized carbons (Fsp3) is 0.375. The van der Waals surface area contributed by atoms with Gasteiger partial charge in [-0.1, -0.05) is 42.1 Å². The van der Waals surface area contributed by atoms with E-state index in [4.69, 9.17) is 4.74 Å². The van der Waals surface area contributed by atoms with Crippen LogP contribution in [0, 0.1) is 12.7 Å². The van der Waals surface area contributed by atoms with Crippen LogP contribution in [0.15, 0.2) is 53.7 Å². The number of thioether (sulfide) groups is 1. The van der Waals surface area contributed by atoms with Gasteiger partial charge in [0.1, 0.15) is 11.1 Å². The van der Waals surface area contributed by atoms with E-state index in [0.717, 1.165) is 48.7 Å². The van der Waals surface area contributed by atoms with Crippen molar-refractivity contribution in [2.24, 2.45) is 0 Å². The molecule has 0 radical (unpaired) electrons. The summed E-state index contributed by atoms with van der Waals surface area (Å²) in [4.78, 5) is 15.4. The summed E-state index contributed by atoms with van der Waals surface area (Å²) in [5, 5.41) is 12.2. The lowest BCUT2D eigenvalue weighted by atomic mass is 10.1. The molecule has 1 saturated heterocycles. The maximum absolute atomic E-state index is 13.6. The molecule has 0 spiro atoms. The van der Waals surface area contributed by atoms with Crippen molar-refractivity contribution in [3.8, 4) is 5.69 Å². The number of carbonyl (C=O) groups excluding carboxylic acids is 1. The first-order chi connectivity index (χ1) is 16.1. The molecule has 1 aliphatic carbocycles. The molecule has 1 aromatic heterocycles. The van der Waals surface area contributed by atoms with Crippen molar-refractivity contribution >= 4 is 23.6 Å². The third kappa shape index (κ3) is 4.89. The number of hydrogen-bond acceptors (Lipinski definition) is 6. The number of para-hydroxylation sites is 1. The van der Waals surface area contributed by atoms with Crippen molar-refractivity contribution in [1.82, 2.24) is 20.1 Å². The molecule has 0 bridgehead atoms. The van der Waals surface area contributed by atoms with Crippen LogP contribution in [0.3, 0.4) is 0 Å². The molecule has 33 heavy (non-hydrogen) atoms. The van der Waals surface area contributed by atoms with Crippen molar-refractivity contribution in [2.75, 3.05) is 31.2 Å². The Hall–Kier alpha value is -2.91. The summed E-state index contributed by atoms with van der Waals surface area (Å²) < 4.78 is 21.1. The van der Waals surface area contributed by atoms with Gasteiger partial charge in [0.05, 0.1) is 18.9 Å². The Kier molecular flexibility index (Phi) is 6.32. The highest BCUT2D eigenvalue weighted by Gasteiger charge is 2.32. The Morgan fingerprint density at radius 1 is 1.12 bits per heavy atom. The van der Waals surface area contributed by atoms with Crippen LogP contribution in [0.25, 0.3) is 5.69 Å². The SMILES string of the molecule is Cc1ccccc1-n1c(SC(C(=O)NC2CC2)c2ccc(F)cc2)nnc1N1CCOCC1. The van der Waals surface area contributed by atoms with Gasteiger partial charge in [-0.3, -0.25) is 9.36 Å². The molecule has 1 amide bonds. The van der Waals surface area contributed by atoms with Crippen LogP contribution in [0.1, 0.15) is 29.2 Å². The molecule has 7 nitrogen and oxygen atoms in total. The molecule has 2 fully saturated rings. The number of rotatable bonds is 7. The maximum atomic E-state index is 13.6. The van der Waals surface area contributed by atoms with E-state index < -0.39 is 5.25 Å². The number of benzene rings is 2. The lowest BCUT2D eigenvalue weighted by molar-refractivity contribution is -0.120. The second-order valence-corrected chi connectivity index (χ2v) is 9.41. The highest BCUT2D eigenvalue weighted by Crippen LogP contribution is 2.38. The summed E-state index contributed by atoms with van der Waals surface area (Å²) in [6.07, 6.45) is 1.99. The summed E-state index contributed by atoms with van der Waals surface area (Å²) in [5.74, 6) is 0.305. The average Bonchev–Trinajstić information content (AvgIpc) is 3.55. The molecule has 2 aliphatic rings. The van der Waals surface area contributed by atoms with Crippen molar-refractivity contribution in [1.29, 1.82) is 0 Å². The fourth-order valence-corrected chi connectivity index (χ4v) is 4.90. The van der Waals surface area contributed by atoms with E-state index in [1.54, 1.807) is 12.1 Å². The number of aryl methyl sites for hydroxylation is 1. The molecule has 172 valence electrons. The van der Waals surface area contributed by atoms with E-state index in [9.17, 15) is 9.18 Å². The van der Waals surface area contributed by atoms with Gasteiger partial charge in [0.25, 0.3) is 0 Å². The minimum atomic E-state index is -0.573. The highest BCUT2D eigenvalue weighted by molar-refractivity contribution is 8.00. The summed E-state index contributed by atoms with van der Waals surface area (Å²) in [7, 11) is 0. The van der Waals surface area contributed by atoms with Crippen molar-refractivity contribution < 1.29 is 13.9 Å². The lowest BCUT2D eigenvalue weighted by Crippen LogP contribution is -2.38. The zero-order valence-corrected chi connectivity index (χ0v) is 19.2. The third-order valence-corrected chi connectivity index (χ3v) is 7.02. The number of amides is 1. The topological polar surface area (TPSA) is 72.3 Å². The number of morpholine rings is 1. The van der Waals surface area contributed by atoms with Gasteiger partial charge in [0, 0.05) is 19.1 Å². The second-order valence-electron chi connectivity index (χ2n) is 8.34. The molecule has 3 aromatic rings. The van der Waals surface area contributed by atoms with E-state index in [1.165, 1.54) is 23.9 Å². The number of nitrogens with one attached hydrogen (secondary N) is 1. The van der Waals surface area contributed by atoms with Crippen LogP contribution in [0.5, 0.6) is 0 Å². The minimum Gasteiger partial charge on any atom is -0.378 e. The summed E-state index contributed by atoms with van der Waals surface area (Å²) >= 11 is 1.34. The zero-order valence-electron chi connectivity index (χ0n) is 18.4. The molecule has 2 aromatic carbocycles. The molecule has 1 unspecified atom stereocenters. The van der Waals surface area contributed by atoms with Gasteiger partial charge in [0.2, 0.25) is 11.9 Å². The van der Waals surface area contributed by atoms with Gasteiger partial charge in [-0.2, -0.15) is 0 Å². The molecule has 9 heteroatoms. The van der Waals surface area contributed by atoms with E-state index >= 15 is 0 Å². The number of hydrogen-bond donors (Lipinski definition) is 1. The van der Waals surface area contributed by atoms with E-state index in [1.807, 2.05) is 35.8 Å². The van der Waals surface area contributed by atoms with Crippen LogP contribution in [-0.4, -0.2) is 53.0 Å². The number of anilines is 1. The van der Waals surface area contributed by atoms with Gasteiger partial charge >= 0.3 is 0 Å². The predicted molar refractivity (Wildman–Crippen MR) is 125 cm³/mol. The third-order valence-electron chi connectivity index (χ3n) is 5.82. The van der Waals surface area contributed by atoms with Gasteiger partial charge in [0.15, 0.2) is 5.16 Å². The Morgan fingerprint density at radius 2 is 1.85 bits per heavy atom. The monoisotopic (exact) mass is 467 g/mol. The molecule has 1 aliphatic heterocycles. The Bertz CT molecular complexity index is 1130. The summed E-state index contributed by atoms with van der Waals surface area (Å²) in [6, 6.07) is 14.4. The normalized spacial score (nSPS) is 17.1. The van der Waals surface area contributed by atoms with Crippen LogP contribution >= 0.6 is 11.8 Å². The number of aromatic nitrogens is 3. The van der Waals surface area contributed by atoms with Gasteiger partial charge in [-0.15, -0.1) is 10.2 Å². The molecule has 2 heterocycles. The Morgan fingerprint density at radius 3 is 2.55 bits per heavy atom. The maximum Gasteiger partial charge on any atom is 0.238 e. The van der Waals surface area contributed by atoms with Crippen molar-refractivity contribution in [3.63, 3.8) is 0 Å². The second kappa shape index (κ2) is 9.52. The van der Waals surface area contributed by atoms with E-state index in [-0.39, 0.29) is 17.8 Å². The average molecular weight is 468 g/mol. The number of ether oxygens (including phenoxy) is 1. The number of nitrogens with zero attached hydrogens (tertiary/aromatic N) is 4. The van der Waals surface area contributed by atoms with Gasteiger partial charge < -0.3 is 15.0 Å². The van der Waals surface area contributed by atoms with Crippen LogP contribution in [0.4, 0.5) is 10.3 Å². The standard InChI is InChI=1S/C24H26FN5O2S/c1-16-4-2-3-5-20(16)30-23(29-12-14-32-15-13-29)27-28-24(30)33-21(22(31)26-19-10-11-19)17-6-8-18(25)9-7-17/h2-9,19,21H,10-15H2,1H3,(H,26,31).